The Kier molecular flexibility index (Phi) is 6.59. The number of urea groups is 1. The summed E-state index contributed by atoms with van der Waals surface area (Å²) in [5.41, 5.74) is 0.282. The monoisotopic (exact) mass is 406 g/mol. The lowest BCUT2D eigenvalue weighted by molar-refractivity contribution is -0.131. The summed E-state index contributed by atoms with van der Waals surface area (Å²) in [5, 5.41) is 5.06. The summed E-state index contributed by atoms with van der Waals surface area (Å²) >= 11 is 5.60. The number of hydrogen-bond donors (Lipinski definition) is 2. The van der Waals surface area contributed by atoms with Gasteiger partial charge in [0, 0.05) is 57.2 Å². The van der Waals surface area contributed by atoms with Crippen molar-refractivity contribution in [3.8, 4) is 0 Å². The van der Waals surface area contributed by atoms with E-state index in [1.54, 1.807) is 23.4 Å². The van der Waals surface area contributed by atoms with Gasteiger partial charge in [-0.25, -0.2) is 19.2 Å². The van der Waals surface area contributed by atoms with Crippen molar-refractivity contribution in [2.75, 3.05) is 42.9 Å². The lowest BCUT2D eigenvalue weighted by atomic mass is 10.3. The standard InChI is InChI=1S/C18H20ClFN6O2/c19-14-3-2-13(12-15(14)20)24-18(28)23-7-4-16(27)25-8-10-26(11-9-25)17-21-5-1-6-22-17/h1-3,5-6,12H,4,7-11H2,(H2,23,24,28). The largest absolute Gasteiger partial charge is 0.339 e. The number of carbonyl (C=O) groups is 2. The average Bonchev–Trinajstić information content (AvgIpc) is 2.71. The van der Waals surface area contributed by atoms with Crippen LogP contribution in [0.3, 0.4) is 0 Å². The van der Waals surface area contributed by atoms with Crippen molar-refractivity contribution in [3.63, 3.8) is 0 Å². The number of benzene rings is 1. The Hall–Kier alpha value is -2.94. The Balaban J connectivity index is 1.37. The Morgan fingerprint density at radius 1 is 1.14 bits per heavy atom. The van der Waals surface area contributed by atoms with E-state index in [9.17, 15) is 14.0 Å². The fraction of sp³-hybridized carbons (Fsp3) is 0.333. The van der Waals surface area contributed by atoms with Gasteiger partial charge in [-0.1, -0.05) is 11.6 Å². The Labute approximate surface area is 166 Å². The zero-order chi connectivity index (χ0) is 19.9. The van der Waals surface area contributed by atoms with Crippen LogP contribution in [0.4, 0.5) is 20.8 Å². The minimum atomic E-state index is -0.616. The lowest BCUT2D eigenvalue weighted by Gasteiger charge is -2.34. The summed E-state index contributed by atoms with van der Waals surface area (Å²) in [6.07, 6.45) is 3.56. The van der Waals surface area contributed by atoms with Gasteiger partial charge in [0.25, 0.3) is 0 Å². The van der Waals surface area contributed by atoms with Crippen LogP contribution in [-0.2, 0) is 4.79 Å². The first-order valence-electron chi connectivity index (χ1n) is 8.82. The summed E-state index contributed by atoms with van der Waals surface area (Å²) in [6, 6.07) is 5.22. The van der Waals surface area contributed by atoms with E-state index < -0.39 is 11.8 Å². The Morgan fingerprint density at radius 2 is 1.86 bits per heavy atom. The normalized spacial score (nSPS) is 13.9. The third kappa shape index (κ3) is 5.29. The molecule has 3 amide bonds. The molecule has 1 saturated heterocycles. The first-order valence-corrected chi connectivity index (χ1v) is 9.20. The molecular formula is C18H20ClFN6O2. The maximum absolute atomic E-state index is 13.4. The molecule has 148 valence electrons. The fourth-order valence-corrected chi connectivity index (χ4v) is 2.92. The second-order valence-corrected chi connectivity index (χ2v) is 6.58. The highest BCUT2D eigenvalue weighted by atomic mass is 35.5. The van der Waals surface area contributed by atoms with Crippen LogP contribution in [0.2, 0.25) is 5.02 Å². The number of hydrogen-bond acceptors (Lipinski definition) is 5. The van der Waals surface area contributed by atoms with Crippen LogP contribution in [0.5, 0.6) is 0 Å². The molecule has 3 rings (SSSR count). The number of carbonyl (C=O) groups excluding carboxylic acids is 2. The molecule has 1 fully saturated rings. The molecule has 0 atom stereocenters. The number of nitrogens with zero attached hydrogens (tertiary/aromatic N) is 4. The zero-order valence-corrected chi connectivity index (χ0v) is 15.8. The van der Waals surface area contributed by atoms with E-state index in [-0.39, 0.29) is 29.6 Å². The van der Waals surface area contributed by atoms with Crippen LogP contribution in [0.1, 0.15) is 6.42 Å². The van der Waals surface area contributed by atoms with Crippen molar-refractivity contribution in [3.05, 3.63) is 47.5 Å². The van der Waals surface area contributed by atoms with Crippen LogP contribution >= 0.6 is 11.6 Å². The minimum absolute atomic E-state index is 0.0181. The van der Waals surface area contributed by atoms with E-state index in [2.05, 4.69) is 20.6 Å². The lowest BCUT2D eigenvalue weighted by Crippen LogP contribution is -2.49. The molecule has 1 aromatic heterocycles. The van der Waals surface area contributed by atoms with Gasteiger partial charge in [0.1, 0.15) is 5.82 Å². The molecule has 8 nitrogen and oxygen atoms in total. The highest BCUT2D eigenvalue weighted by Gasteiger charge is 2.22. The van der Waals surface area contributed by atoms with Gasteiger partial charge in [-0.2, -0.15) is 0 Å². The first-order chi connectivity index (χ1) is 13.5. The predicted octanol–water partition coefficient (Wildman–Crippen LogP) is 2.13. The van der Waals surface area contributed by atoms with Crippen molar-refractivity contribution in [1.29, 1.82) is 0 Å². The van der Waals surface area contributed by atoms with Gasteiger partial charge >= 0.3 is 6.03 Å². The van der Waals surface area contributed by atoms with Gasteiger partial charge in [0.2, 0.25) is 11.9 Å². The van der Waals surface area contributed by atoms with Gasteiger partial charge in [-0.05, 0) is 24.3 Å². The Bertz CT molecular complexity index is 830. The maximum atomic E-state index is 13.4. The average molecular weight is 407 g/mol. The number of piperazine rings is 1. The fourth-order valence-electron chi connectivity index (χ4n) is 2.80. The van der Waals surface area contributed by atoms with E-state index in [4.69, 9.17) is 11.6 Å². The van der Waals surface area contributed by atoms with E-state index in [1.807, 2.05) is 4.90 Å². The van der Waals surface area contributed by atoms with Crippen LogP contribution in [0.15, 0.2) is 36.7 Å². The van der Waals surface area contributed by atoms with Crippen LogP contribution in [-0.4, -0.2) is 59.5 Å². The van der Waals surface area contributed by atoms with Gasteiger partial charge in [0.15, 0.2) is 0 Å². The van der Waals surface area contributed by atoms with Gasteiger partial charge in [0.05, 0.1) is 5.02 Å². The number of anilines is 2. The van der Waals surface area contributed by atoms with Crippen LogP contribution < -0.4 is 15.5 Å². The van der Waals surface area contributed by atoms with Crippen molar-refractivity contribution in [2.45, 2.75) is 6.42 Å². The molecule has 0 radical (unpaired) electrons. The molecule has 2 N–H and O–H groups in total. The first kappa shape index (κ1) is 19.8. The van der Waals surface area contributed by atoms with E-state index in [1.165, 1.54) is 12.1 Å². The van der Waals surface area contributed by atoms with Crippen molar-refractivity contribution in [2.24, 2.45) is 0 Å². The predicted molar refractivity (Wildman–Crippen MR) is 104 cm³/mol. The summed E-state index contributed by atoms with van der Waals surface area (Å²) in [4.78, 5) is 36.4. The molecule has 1 aromatic carbocycles. The number of nitrogens with one attached hydrogen (secondary N) is 2. The van der Waals surface area contributed by atoms with Crippen molar-refractivity contribution < 1.29 is 14.0 Å². The highest BCUT2D eigenvalue weighted by Crippen LogP contribution is 2.18. The molecular weight excluding hydrogens is 387 g/mol. The molecule has 2 heterocycles. The maximum Gasteiger partial charge on any atom is 0.319 e. The summed E-state index contributed by atoms with van der Waals surface area (Å²) in [6.45, 7) is 2.65. The SMILES string of the molecule is O=C(NCCC(=O)N1CCN(c2ncccn2)CC1)Nc1ccc(Cl)c(F)c1. The van der Waals surface area contributed by atoms with E-state index >= 15 is 0 Å². The molecule has 0 bridgehead atoms. The molecule has 0 unspecified atom stereocenters. The number of amides is 3. The van der Waals surface area contributed by atoms with E-state index in [0.717, 1.165) is 6.07 Å². The Morgan fingerprint density at radius 3 is 2.54 bits per heavy atom. The molecule has 0 saturated carbocycles. The molecule has 0 spiro atoms. The van der Waals surface area contributed by atoms with Crippen LogP contribution in [0.25, 0.3) is 0 Å². The minimum Gasteiger partial charge on any atom is -0.339 e. The van der Waals surface area contributed by atoms with Crippen molar-refractivity contribution >= 4 is 35.2 Å². The summed E-state index contributed by atoms with van der Waals surface area (Å²) in [5.74, 6) is 0.00716. The molecule has 2 aromatic rings. The number of aromatic nitrogens is 2. The zero-order valence-electron chi connectivity index (χ0n) is 15.1. The molecule has 1 aliphatic rings. The molecule has 1 aliphatic heterocycles. The molecule has 0 aliphatic carbocycles. The van der Waals surface area contributed by atoms with Gasteiger partial charge < -0.3 is 20.4 Å². The number of halogens is 2. The van der Waals surface area contributed by atoms with Crippen LogP contribution in [0, 0.1) is 5.82 Å². The van der Waals surface area contributed by atoms with E-state index in [0.29, 0.717) is 32.1 Å². The summed E-state index contributed by atoms with van der Waals surface area (Å²) in [7, 11) is 0. The topological polar surface area (TPSA) is 90.5 Å². The van der Waals surface area contributed by atoms with Gasteiger partial charge in [-0.3, -0.25) is 4.79 Å². The highest BCUT2D eigenvalue weighted by molar-refractivity contribution is 6.30. The van der Waals surface area contributed by atoms with Crippen molar-refractivity contribution in [1.82, 2.24) is 20.2 Å². The summed E-state index contributed by atoms with van der Waals surface area (Å²) < 4.78 is 13.4. The third-order valence-corrected chi connectivity index (χ3v) is 4.58. The smallest absolute Gasteiger partial charge is 0.319 e. The number of rotatable bonds is 5. The molecule has 10 heteroatoms. The third-order valence-electron chi connectivity index (χ3n) is 4.27. The quantitative estimate of drug-likeness (QED) is 0.793. The molecule has 28 heavy (non-hydrogen) atoms. The van der Waals surface area contributed by atoms with Gasteiger partial charge in [-0.15, -0.1) is 0 Å². The second kappa shape index (κ2) is 9.32. The second-order valence-electron chi connectivity index (χ2n) is 6.18.